The van der Waals surface area contributed by atoms with Gasteiger partial charge < -0.3 is 4.74 Å². The van der Waals surface area contributed by atoms with E-state index in [2.05, 4.69) is 4.74 Å². The Hall–Kier alpha value is -0.290. The Kier molecular flexibility index (Phi) is 3.67. The number of carbonyl (C=O) groups excluding carboxylic acids is 1. The molecule has 0 rings (SSSR count). The molecule has 0 aliphatic rings. The van der Waals surface area contributed by atoms with Crippen LogP contribution in [0.3, 0.4) is 0 Å². The van der Waals surface area contributed by atoms with Crippen LogP contribution in [0.25, 0.3) is 0 Å². The van der Waals surface area contributed by atoms with E-state index >= 15 is 0 Å². The minimum atomic E-state index is -3.52. The summed E-state index contributed by atoms with van der Waals surface area (Å²) >= 11 is 0. The highest BCUT2D eigenvalue weighted by atomic mass is 35.7. The second-order valence-corrected chi connectivity index (χ2v) is 4.48. The topological polar surface area (TPSA) is 60.4 Å². The van der Waals surface area contributed by atoms with E-state index in [0.29, 0.717) is 0 Å². The van der Waals surface area contributed by atoms with Gasteiger partial charge in [-0.2, -0.15) is 0 Å². The Morgan fingerprint density at radius 1 is 1.60 bits per heavy atom. The Bertz CT molecular complexity index is 207. The van der Waals surface area contributed by atoms with Crippen molar-refractivity contribution in [2.75, 3.05) is 12.4 Å². The molecular formula is C4H7ClO4S. The molecule has 0 atom stereocenters. The Balaban J connectivity index is 3.49. The van der Waals surface area contributed by atoms with Gasteiger partial charge in [0.1, 0.15) is 6.61 Å². The molecule has 60 valence electrons. The van der Waals surface area contributed by atoms with Crippen molar-refractivity contribution in [1.29, 1.82) is 0 Å². The minimum absolute atomic E-state index is 0.179. The van der Waals surface area contributed by atoms with Crippen LogP contribution in [-0.4, -0.2) is 26.7 Å². The molecule has 0 saturated carbocycles. The first-order valence-electron chi connectivity index (χ1n) is 2.47. The summed E-state index contributed by atoms with van der Waals surface area (Å²) < 4.78 is 24.7. The second-order valence-electron chi connectivity index (χ2n) is 1.58. The Labute approximate surface area is 63.5 Å². The normalized spacial score (nSPS) is 11.0. The predicted molar refractivity (Wildman–Crippen MR) is 36.3 cm³/mol. The van der Waals surface area contributed by atoms with Crippen molar-refractivity contribution in [3.05, 3.63) is 0 Å². The maximum Gasteiger partial charge on any atom is 0.302 e. The number of carbonyl (C=O) groups is 1. The fourth-order valence-corrected chi connectivity index (χ4v) is 0.756. The van der Waals surface area contributed by atoms with E-state index in [0.717, 1.165) is 0 Å². The first-order valence-corrected chi connectivity index (χ1v) is 4.95. The average Bonchev–Trinajstić information content (AvgIpc) is 1.59. The van der Waals surface area contributed by atoms with Gasteiger partial charge in [-0.3, -0.25) is 4.79 Å². The number of halogens is 1. The lowest BCUT2D eigenvalue weighted by Crippen LogP contribution is -2.09. The maximum atomic E-state index is 10.2. The molecule has 0 unspecified atom stereocenters. The van der Waals surface area contributed by atoms with Crippen molar-refractivity contribution in [2.45, 2.75) is 6.92 Å². The highest BCUT2D eigenvalue weighted by Crippen LogP contribution is 1.95. The van der Waals surface area contributed by atoms with Crippen LogP contribution in [0, 0.1) is 0 Å². The molecule has 0 spiro atoms. The summed E-state index contributed by atoms with van der Waals surface area (Å²) in [7, 11) is 1.27. The van der Waals surface area contributed by atoms with Gasteiger partial charge in [0.15, 0.2) is 0 Å². The first kappa shape index (κ1) is 9.71. The van der Waals surface area contributed by atoms with E-state index in [1.165, 1.54) is 6.92 Å². The molecule has 0 radical (unpaired) electrons. The van der Waals surface area contributed by atoms with Crippen molar-refractivity contribution in [1.82, 2.24) is 0 Å². The van der Waals surface area contributed by atoms with Crippen molar-refractivity contribution in [3.63, 3.8) is 0 Å². The van der Waals surface area contributed by atoms with Crippen LogP contribution in [0.2, 0.25) is 0 Å². The highest BCUT2D eigenvalue weighted by Gasteiger charge is 2.04. The quantitative estimate of drug-likeness (QED) is 0.464. The molecule has 4 nitrogen and oxygen atoms in total. The van der Waals surface area contributed by atoms with Gasteiger partial charge in [0, 0.05) is 17.6 Å². The van der Waals surface area contributed by atoms with E-state index < -0.39 is 15.0 Å². The van der Waals surface area contributed by atoms with Gasteiger partial charge >= 0.3 is 5.97 Å². The third-order valence-electron chi connectivity index (χ3n) is 0.632. The van der Waals surface area contributed by atoms with E-state index in [9.17, 15) is 13.2 Å². The largest absolute Gasteiger partial charge is 0.465 e. The Morgan fingerprint density at radius 3 is 2.40 bits per heavy atom. The summed E-state index contributed by atoms with van der Waals surface area (Å²) in [4.78, 5) is 10.1. The van der Waals surface area contributed by atoms with Crippen molar-refractivity contribution in [3.8, 4) is 0 Å². The van der Waals surface area contributed by atoms with E-state index in [4.69, 9.17) is 10.7 Å². The lowest BCUT2D eigenvalue weighted by molar-refractivity contribution is -0.140. The van der Waals surface area contributed by atoms with Gasteiger partial charge in [-0.05, 0) is 0 Å². The number of hydrogen-bond donors (Lipinski definition) is 0. The Morgan fingerprint density at radius 2 is 2.10 bits per heavy atom. The number of ether oxygens (including phenoxy) is 1. The zero-order chi connectivity index (χ0) is 8.20. The van der Waals surface area contributed by atoms with Crippen LogP contribution in [0.15, 0.2) is 0 Å². The van der Waals surface area contributed by atoms with Crippen LogP contribution in [-0.2, 0) is 18.6 Å². The van der Waals surface area contributed by atoms with E-state index in [-0.39, 0.29) is 12.4 Å². The fraction of sp³-hybridized carbons (Fsp3) is 0.750. The zero-order valence-electron chi connectivity index (χ0n) is 5.33. The van der Waals surface area contributed by atoms with E-state index in [1.54, 1.807) is 0 Å². The predicted octanol–water partition coefficient (Wildman–Crippen LogP) is 0.118. The SMILES string of the molecule is CC(=O)OCCS(=O)(=O)Cl. The fourth-order valence-electron chi connectivity index (χ4n) is 0.285. The second kappa shape index (κ2) is 3.78. The van der Waals surface area contributed by atoms with Gasteiger partial charge in [-0.25, -0.2) is 8.42 Å². The summed E-state index contributed by atoms with van der Waals surface area (Å²) in [5, 5.41) is 0. The van der Waals surface area contributed by atoms with Crippen LogP contribution < -0.4 is 0 Å². The van der Waals surface area contributed by atoms with Crippen molar-refractivity contribution < 1.29 is 17.9 Å². The molecule has 0 amide bonds. The van der Waals surface area contributed by atoms with Crippen LogP contribution in [0.5, 0.6) is 0 Å². The summed E-state index contributed by atoms with van der Waals surface area (Å²) in [5.74, 6) is -0.853. The molecule has 6 heteroatoms. The first-order chi connectivity index (χ1) is 4.42. The molecule has 0 aromatic rings. The monoisotopic (exact) mass is 186 g/mol. The summed E-state index contributed by atoms with van der Waals surface area (Å²) in [6.45, 7) is 1.02. The van der Waals surface area contributed by atoms with Crippen LogP contribution in [0.4, 0.5) is 0 Å². The number of esters is 1. The molecule has 0 aliphatic heterocycles. The third kappa shape index (κ3) is 7.71. The highest BCUT2D eigenvalue weighted by molar-refractivity contribution is 8.13. The van der Waals surface area contributed by atoms with Gasteiger partial charge in [0.25, 0.3) is 0 Å². The number of rotatable bonds is 3. The molecular weight excluding hydrogens is 180 g/mol. The zero-order valence-corrected chi connectivity index (χ0v) is 6.91. The van der Waals surface area contributed by atoms with Crippen molar-refractivity contribution >= 4 is 25.7 Å². The smallest absolute Gasteiger partial charge is 0.302 e. The molecule has 0 fully saturated rings. The number of hydrogen-bond acceptors (Lipinski definition) is 4. The molecule has 0 bridgehead atoms. The van der Waals surface area contributed by atoms with Gasteiger partial charge in [0.05, 0.1) is 5.75 Å². The lowest BCUT2D eigenvalue weighted by atomic mass is 10.8. The molecule has 0 N–H and O–H groups in total. The third-order valence-corrected chi connectivity index (χ3v) is 1.75. The standard InChI is InChI=1S/C4H7ClO4S/c1-4(6)9-2-3-10(5,7)8/h2-3H2,1H3. The van der Waals surface area contributed by atoms with Gasteiger partial charge in [-0.1, -0.05) is 0 Å². The molecule has 0 heterocycles. The van der Waals surface area contributed by atoms with Crippen LogP contribution >= 0.6 is 10.7 Å². The van der Waals surface area contributed by atoms with Gasteiger partial charge in [0.2, 0.25) is 9.05 Å². The molecule has 0 aliphatic carbocycles. The molecule has 10 heavy (non-hydrogen) atoms. The van der Waals surface area contributed by atoms with Gasteiger partial charge in [-0.15, -0.1) is 0 Å². The average molecular weight is 187 g/mol. The van der Waals surface area contributed by atoms with E-state index in [1.807, 2.05) is 0 Å². The summed E-state index contributed by atoms with van der Waals surface area (Å²) in [6.07, 6.45) is 0. The minimum Gasteiger partial charge on any atom is -0.465 e. The molecule has 0 saturated heterocycles. The maximum absolute atomic E-state index is 10.2. The van der Waals surface area contributed by atoms with Crippen LogP contribution in [0.1, 0.15) is 6.92 Å². The molecule has 0 aromatic carbocycles. The molecule has 0 aromatic heterocycles. The summed E-state index contributed by atoms with van der Waals surface area (Å²) in [5.41, 5.74) is 0. The lowest BCUT2D eigenvalue weighted by Gasteiger charge is -1.96. The summed E-state index contributed by atoms with van der Waals surface area (Å²) in [6, 6.07) is 0. The van der Waals surface area contributed by atoms with Crippen molar-refractivity contribution in [2.24, 2.45) is 0 Å².